The summed E-state index contributed by atoms with van der Waals surface area (Å²) in [5, 5.41) is 30.5. The van der Waals surface area contributed by atoms with Crippen LogP contribution in [0.5, 0.6) is 29.4 Å². The van der Waals surface area contributed by atoms with Gasteiger partial charge in [0.1, 0.15) is 99.8 Å². The molecular weight excluding hydrogens is 1590 g/mol. The van der Waals surface area contributed by atoms with Gasteiger partial charge in [-0.05, 0) is 200 Å². The van der Waals surface area contributed by atoms with E-state index < -0.39 is 0 Å². The number of hydrogen-bond donors (Lipinski definition) is 7. The van der Waals surface area contributed by atoms with Crippen LogP contribution in [0.1, 0.15) is 127 Å². The molecule has 692 valence electrons. The normalized spacial score (nSPS) is 14.1. The lowest BCUT2D eigenvalue weighted by Gasteiger charge is -2.42. The van der Waals surface area contributed by atoms with Crippen molar-refractivity contribution in [2.75, 3.05) is 243 Å². The number of ether oxygens (including phenoxy) is 6. The number of nitrogen functional groups attached to an aromatic ring is 6. The summed E-state index contributed by atoms with van der Waals surface area (Å²) < 4.78 is 51.7. The van der Waals surface area contributed by atoms with E-state index in [4.69, 9.17) is 62.8 Å². The molecule has 0 radical (unpaired) electrons. The van der Waals surface area contributed by atoms with Gasteiger partial charge in [0.2, 0.25) is 0 Å². The number of rotatable bonds is 28. The standard InChI is InChI=1S/C18H31N4O.C17H27N4O.C16H25N4O2.C15H26N5.C15H25N4O.C14H23N4O/c1-12(2)22(7,13(3)4)10-11-23-18-17(19)16-9-8-14(5)15(6)21(16)20-18;1-13-7-8-15-16(18)17(19-20(15)14(13)2)22-12-11-21(3)9-5-4-6-10-21;1-12-4-5-14-15(17)16(18-19(14)13(12)2)22-11-8-20(3)6-9-21-10-7-20;1-11-7-8-13-14(16)15(18-19(13)12(11)2)17-9-6-10-20(3,4)5;1-11-7-8-13-14(16)15(17-18(13)12(11)2)20-10-6-9-19(3,4)5;1-10-6-7-12-13(15)14(16-17(12)11(10)2)19-9-8-18(3,4)5/h8-9,12-13H,10-11,19H2,1-7H3;7-8H,4-6,9-12,18H2,1-3H3;4-5H,6-11,17H2,1-3H3;7-8H,6,9-10,16H2,1-5H3,(H,17,18);7-8H,6,9-10,16H2,1-5H3;6-7H,8-9,15H2,1-5H3/q6*+1. The zero-order chi connectivity index (χ0) is 92.9. The van der Waals surface area contributed by atoms with Gasteiger partial charge in [0.25, 0.3) is 29.4 Å². The molecule has 0 aliphatic carbocycles. The van der Waals surface area contributed by atoms with Crippen LogP contribution in [0.25, 0.3) is 33.1 Å². The molecule has 2 aliphatic rings. The predicted octanol–water partition coefficient (Wildman–Crippen LogP) is 12.8. The Labute approximate surface area is 749 Å². The third-order valence-corrected chi connectivity index (χ3v) is 25.7. The fourth-order valence-electron chi connectivity index (χ4n) is 15.2. The van der Waals surface area contributed by atoms with Gasteiger partial charge in [-0.3, -0.25) is 0 Å². The molecular formula is C95H157N25O6+6. The number of quaternary nitrogens is 6. The van der Waals surface area contributed by atoms with Crippen LogP contribution in [0.4, 0.5) is 39.9 Å². The van der Waals surface area contributed by atoms with Crippen molar-refractivity contribution in [3.63, 3.8) is 0 Å². The molecule has 0 unspecified atom stereocenters. The molecule has 0 aromatic carbocycles. The highest BCUT2D eigenvalue weighted by molar-refractivity contribution is 5.82. The minimum atomic E-state index is 0.530. The summed E-state index contributed by atoms with van der Waals surface area (Å²) in [6.07, 6.45) is 6.09. The highest BCUT2D eigenvalue weighted by Gasteiger charge is 2.32. The van der Waals surface area contributed by atoms with E-state index in [1.807, 2.05) is 91.2 Å². The summed E-state index contributed by atoms with van der Waals surface area (Å²) in [5.74, 6) is 3.51. The molecule has 13 N–H and O–H groups in total. The van der Waals surface area contributed by atoms with E-state index in [1.54, 1.807) is 0 Å². The van der Waals surface area contributed by atoms with Gasteiger partial charge in [0.05, 0.1) is 176 Å². The number of aryl methyl sites for hydroxylation is 12. The number of nitrogens with zero attached hydrogens (tertiary/aromatic N) is 18. The Morgan fingerprint density at radius 1 is 0.341 bits per heavy atom. The Kier molecular flexibility index (Phi) is 33.0. The number of aromatic nitrogens is 12. The molecule has 0 spiro atoms. The van der Waals surface area contributed by atoms with Crippen molar-refractivity contribution in [3.8, 4) is 29.4 Å². The minimum Gasteiger partial charge on any atom is -0.475 e. The molecule has 2 saturated heterocycles. The maximum atomic E-state index is 6.21. The van der Waals surface area contributed by atoms with E-state index in [0.29, 0.717) is 103 Å². The zero-order valence-electron chi connectivity index (χ0n) is 81.8. The van der Waals surface area contributed by atoms with Crippen LogP contribution >= 0.6 is 0 Å². The Hall–Kier alpha value is -10.5. The second-order valence-corrected chi connectivity index (χ2v) is 39.2. The molecule has 0 bridgehead atoms. The lowest BCUT2D eigenvalue weighted by atomic mass is 10.1. The molecule has 0 saturated carbocycles. The number of anilines is 7. The van der Waals surface area contributed by atoms with Gasteiger partial charge in [-0.15, -0.1) is 30.6 Å². The largest absolute Gasteiger partial charge is 0.475 e. The van der Waals surface area contributed by atoms with E-state index in [2.05, 4.69) is 240 Å². The highest BCUT2D eigenvalue weighted by atomic mass is 16.5. The SMILES string of the molecule is Cc1ccc2c(N)c(NCCC[N+](C)(C)C)nn2c1C.Cc1ccc2c(N)c(OCCC[N+](C)(C)C)nn2c1C.Cc1ccc2c(N)c(OCC[N+](C)(C(C)C)C(C)C)nn2c1C.Cc1ccc2c(N)c(OCC[N+](C)(C)C)nn2c1C.Cc1ccc2c(N)c(OCC[N+]3(C)CCCCC3)nn2c1C.Cc1ccc2c(N)c(OCC[N+]3(C)CCOCC3)nn2c1C. The van der Waals surface area contributed by atoms with Crippen molar-refractivity contribution in [1.29, 1.82) is 0 Å². The van der Waals surface area contributed by atoms with Gasteiger partial charge in [-0.1, -0.05) is 36.4 Å². The van der Waals surface area contributed by atoms with Gasteiger partial charge in [0, 0.05) is 53.5 Å². The Bertz CT molecular complexity index is 5380. The maximum Gasteiger partial charge on any atom is 0.257 e. The number of likely N-dealkylation sites (tertiary alicyclic amines) is 1. The number of piperidine rings is 1. The lowest BCUT2D eigenvalue weighted by molar-refractivity contribution is -0.949. The van der Waals surface area contributed by atoms with E-state index in [-0.39, 0.29) is 0 Å². The molecule has 2 aliphatic heterocycles. The first-order valence-corrected chi connectivity index (χ1v) is 44.9. The van der Waals surface area contributed by atoms with E-state index in [0.717, 1.165) is 191 Å². The van der Waals surface area contributed by atoms with E-state index >= 15 is 0 Å². The van der Waals surface area contributed by atoms with Crippen molar-refractivity contribution >= 4 is 73.0 Å². The van der Waals surface area contributed by atoms with Crippen LogP contribution in [0.3, 0.4) is 0 Å². The molecule has 12 aromatic heterocycles. The third kappa shape index (κ3) is 25.0. The summed E-state index contributed by atoms with van der Waals surface area (Å²) in [4.78, 5) is 0. The quantitative estimate of drug-likeness (QED) is 0.0177. The average molecular weight is 1750 g/mol. The van der Waals surface area contributed by atoms with Crippen LogP contribution in [-0.2, 0) is 4.74 Å². The van der Waals surface area contributed by atoms with Gasteiger partial charge in [-0.25, -0.2) is 27.1 Å². The number of nitrogens with two attached hydrogens (primary N) is 6. The van der Waals surface area contributed by atoms with Crippen molar-refractivity contribution in [3.05, 3.63) is 140 Å². The summed E-state index contributed by atoms with van der Waals surface area (Å²) in [7, 11) is 26.3. The molecule has 0 amide bonds. The number of hydrogen-bond acceptors (Lipinski definition) is 19. The van der Waals surface area contributed by atoms with E-state index in [9.17, 15) is 0 Å². The van der Waals surface area contributed by atoms with Crippen molar-refractivity contribution in [1.82, 2.24) is 57.7 Å². The fourth-order valence-corrected chi connectivity index (χ4v) is 15.2. The predicted molar refractivity (Wildman–Crippen MR) is 516 cm³/mol. The monoisotopic (exact) mass is 1740 g/mol. The summed E-state index contributed by atoms with van der Waals surface area (Å²) in [5.41, 5.74) is 60.1. The first-order chi connectivity index (χ1) is 59.1. The number of likely N-dealkylation sites (N-methyl/N-ethyl adjacent to an activating group) is 4. The first-order valence-electron chi connectivity index (χ1n) is 44.9. The number of nitrogens with one attached hydrogen (secondary N) is 1. The second kappa shape index (κ2) is 41.9. The molecule has 12 aromatic rings. The molecule has 31 nitrogen and oxygen atoms in total. The highest BCUT2D eigenvalue weighted by Crippen LogP contribution is 2.34. The third-order valence-electron chi connectivity index (χ3n) is 25.7. The topological polar surface area (TPSA) is 327 Å². The smallest absolute Gasteiger partial charge is 0.257 e. The van der Waals surface area contributed by atoms with Crippen molar-refractivity contribution in [2.24, 2.45) is 0 Å². The molecule has 14 heterocycles. The number of pyridine rings is 6. The Balaban J connectivity index is 0.000000171. The Morgan fingerprint density at radius 3 is 0.921 bits per heavy atom. The molecule has 14 rings (SSSR count). The van der Waals surface area contributed by atoms with Crippen molar-refractivity contribution < 1.29 is 55.3 Å². The fraction of sp³-hybridized carbons (Fsp3) is 0.558. The Morgan fingerprint density at radius 2 is 0.611 bits per heavy atom. The first kappa shape index (κ1) is 99.2. The second-order valence-electron chi connectivity index (χ2n) is 39.2. The van der Waals surface area contributed by atoms with E-state index in [1.165, 1.54) is 65.7 Å². The minimum absolute atomic E-state index is 0.530. The molecule has 31 heteroatoms. The summed E-state index contributed by atoms with van der Waals surface area (Å²) in [6, 6.07) is 25.5. The van der Waals surface area contributed by atoms with Gasteiger partial charge < -0.3 is 95.0 Å². The summed E-state index contributed by atoms with van der Waals surface area (Å²) in [6.45, 7) is 49.9. The van der Waals surface area contributed by atoms with Crippen LogP contribution in [0, 0.1) is 83.1 Å². The molecule has 2 fully saturated rings. The van der Waals surface area contributed by atoms with Gasteiger partial charge in [-0.2, -0.15) is 0 Å². The van der Waals surface area contributed by atoms with Crippen LogP contribution < -0.4 is 63.4 Å². The number of fused-ring (bicyclic) bond motifs is 6. The summed E-state index contributed by atoms with van der Waals surface area (Å²) >= 11 is 0. The average Bonchev–Trinajstić information content (AvgIpc) is 1.67. The van der Waals surface area contributed by atoms with Crippen LogP contribution in [0.15, 0.2) is 72.8 Å². The van der Waals surface area contributed by atoms with Crippen LogP contribution in [0.2, 0.25) is 0 Å². The number of morpholine rings is 1. The lowest BCUT2D eigenvalue weighted by Crippen LogP contribution is -2.56. The van der Waals surface area contributed by atoms with Crippen LogP contribution in [-0.4, -0.2) is 299 Å². The molecule has 0 atom stereocenters. The molecule has 126 heavy (non-hydrogen) atoms. The van der Waals surface area contributed by atoms with Crippen molar-refractivity contribution in [2.45, 2.75) is 155 Å². The van der Waals surface area contributed by atoms with Gasteiger partial charge >= 0.3 is 0 Å². The maximum absolute atomic E-state index is 6.21. The zero-order valence-corrected chi connectivity index (χ0v) is 81.8. The van der Waals surface area contributed by atoms with Gasteiger partial charge in [0.15, 0.2) is 5.82 Å².